The normalized spacial score (nSPS) is 16.0. The fourth-order valence-electron chi connectivity index (χ4n) is 4.21. The van der Waals surface area contributed by atoms with E-state index in [0.717, 1.165) is 16.4 Å². The summed E-state index contributed by atoms with van der Waals surface area (Å²) in [5.74, 6) is -0.936. The van der Waals surface area contributed by atoms with Gasteiger partial charge >= 0.3 is 6.18 Å². The lowest BCUT2D eigenvalue weighted by Gasteiger charge is -2.23. The number of hydrogen-bond acceptors (Lipinski definition) is 5. The lowest BCUT2D eigenvalue weighted by Crippen LogP contribution is -2.37. The third-order valence-corrected chi connectivity index (χ3v) is 8.61. The van der Waals surface area contributed by atoms with Crippen LogP contribution in [0, 0.1) is 6.92 Å². The van der Waals surface area contributed by atoms with Crippen molar-refractivity contribution in [1.82, 2.24) is 4.31 Å². The minimum atomic E-state index is -4.65. The van der Waals surface area contributed by atoms with E-state index in [0.29, 0.717) is 39.7 Å². The van der Waals surface area contributed by atoms with Crippen molar-refractivity contribution in [2.75, 3.05) is 23.3 Å². The number of halogens is 4. The summed E-state index contributed by atoms with van der Waals surface area (Å²) in [5, 5.41) is 12.8. The van der Waals surface area contributed by atoms with E-state index >= 15 is 0 Å². The molecule has 2 amide bonds. The lowest BCUT2D eigenvalue weighted by atomic mass is 10.2. The molecular formula is C27H25ClF3N3O5S. The number of nitrogens with zero attached hydrogens (tertiary/aromatic N) is 2. The molecule has 1 heterocycles. The van der Waals surface area contributed by atoms with Gasteiger partial charge in [-0.1, -0.05) is 29.8 Å². The van der Waals surface area contributed by atoms with Gasteiger partial charge in [-0.2, -0.15) is 17.5 Å². The molecule has 1 aliphatic heterocycles. The average molecular weight is 596 g/mol. The minimum absolute atomic E-state index is 0.00210. The van der Waals surface area contributed by atoms with Crippen LogP contribution in [-0.2, 0) is 32.3 Å². The predicted molar refractivity (Wildman–Crippen MR) is 143 cm³/mol. The Morgan fingerprint density at radius 1 is 1.10 bits per heavy atom. The first kappa shape index (κ1) is 29.5. The number of amides is 2. The second-order valence-corrected chi connectivity index (χ2v) is 11.6. The Labute approximate surface area is 234 Å². The van der Waals surface area contributed by atoms with Crippen molar-refractivity contribution in [1.29, 1.82) is 0 Å². The molecule has 4 rings (SSSR count). The zero-order valence-electron chi connectivity index (χ0n) is 21.2. The molecule has 1 aliphatic rings. The Hall–Kier alpha value is -3.45. The van der Waals surface area contributed by atoms with Crippen LogP contribution in [0.4, 0.5) is 24.5 Å². The summed E-state index contributed by atoms with van der Waals surface area (Å²) in [6, 6.07) is 14.2. The van der Waals surface area contributed by atoms with Crippen LogP contribution in [0.25, 0.3) is 0 Å². The number of nitrogens with one attached hydrogen (secondary N) is 1. The monoisotopic (exact) mass is 595 g/mol. The van der Waals surface area contributed by atoms with Crippen molar-refractivity contribution in [2.24, 2.45) is 0 Å². The number of aliphatic hydroxyl groups excluding tert-OH is 1. The maximum absolute atomic E-state index is 13.5. The summed E-state index contributed by atoms with van der Waals surface area (Å²) in [7, 11) is -4.43. The molecule has 1 saturated heterocycles. The summed E-state index contributed by atoms with van der Waals surface area (Å²) >= 11 is 6.11. The van der Waals surface area contributed by atoms with Crippen molar-refractivity contribution < 1.29 is 36.3 Å². The number of hydrogen-bond donors (Lipinski definition) is 2. The van der Waals surface area contributed by atoms with Gasteiger partial charge < -0.3 is 15.3 Å². The van der Waals surface area contributed by atoms with Gasteiger partial charge in [-0.25, -0.2) is 8.42 Å². The highest BCUT2D eigenvalue weighted by molar-refractivity contribution is 7.89. The summed E-state index contributed by atoms with van der Waals surface area (Å²) < 4.78 is 67.0. The number of carbonyl (C=O) groups is 2. The smallest absolute Gasteiger partial charge is 0.391 e. The second-order valence-electron chi connectivity index (χ2n) is 9.28. The first-order valence-electron chi connectivity index (χ1n) is 12.1. The van der Waals surface area contributed by atoms with Crippen molar-refractivity contribution in [2.45, 2.75) is 37.1 Å². The van der Waals surface area contributed by atoms with Gasteiger partial charge in [0.1, 0.15) is 0 Å². The molecular weight excluding hydrogens is 571 g/mol. The van der Waals surface area contributed by atoms with E-state index in [1.165, 1.54) is 4.90 Å². The van der Waals surface area contributed by atoms with Gasteiger partial charge in [0.25, 0.3) is 0 Å². The fraction of sp³-hybridized carbons (Fsp3) is 0.259. The van der Waals surface area contributed by atoms with Gasteiger partial charge in [0.05, 0.1) is 36.1 Å². The molecule has 40 heavy (non-hydrogen) atoms. The number of benzene rings is 3. The van der Waals surface area contributed by atoms with Crippen molar-refractivity contribution >= 4 is 44.8 Å². The number of anilines is 2. The van der Waals surface area contributed by atoms with E-state index in [1.807, 2.05) is 0 Å². The Morgan fingerprint density at radius 2 is 1.75 bits per heavy atom. The first-order chi connectivity index (χ1) is 18.8. The lowest BCUT2D eigenvalue weighted by molar-refractivity contribution is -0.137. The van der Waals surface area contributed by atoms with Gasteiger partial charge in [0.15, 0.2) is 0 Å². The number of sulfonamides is 1. The molecule has 3 aromatic carbocycles. The second kappa shape index (κ2) is 11.6. The zero-order chi connectivity index (χ0) is 29.2. The van der Waals surface area contributed by atoms with Crippen molar-refractivity contribution in [3.63, 3.8) is 0 Å². The quantitative estimate of drug-likeness (QED) is 0.396. The molecule has 8 nitrogen and oxygen atoms in total. The highest BCUT2D eigenvalue weighted by Gasteiger charge is 2.33. The molecule has 212 valence electrons. The Morgan fingerprint density at radius 3 is 2.33 bits per heavy atom. The molecule has 1 fully saturated rings. The Bertz CT molecular complexity index is 1510. The highest BCUT2D eigenvalue weighted by atomic mass is 35.5. The van der Waals surface area contributed by atoms with Crippen LogP contribution in [0.2, 0.25) is 5.02 Å². The molecule has 0 bridgehead atoms. The largest absolute Gasteiger partial charge is 0.416 e. The van der Waals surface area contributed by atoms with E-state index in [4.69, 9.17) is 11.6 Å². The van der Waals surface area contributed by atoms with Crippen LogP contribution >= 0.6 is 11.6 Å². The third-order valence-electron chi connectivity index (χ3n) is 6.39. The van der Waals surface area contributed by atoms with E-state index < -0.39 is 45.2 Å². The molecule has 2 N–H and O–H groups in total. The van der Waals surface area contributed by atoms with Crippen LogP contribution in [0.15, 0.2) is 71.6 Å². The van der Waals surface area contributed by atoms with Crippen LogP contribution in [0.3, 0.4) is 0 Å². The standard InChI is InChI=1S/C27H25ClF3N3O5S/c1-17-23(28)3-2-4-24(17)32-25(36)16-33(40(38,39)22-11-7-19(8-12-22)27(29,30)31)14-18-5-9-20(10-6-18)34-15-21(35)13-26(34)37/h2-12,21,35H,13-16H2,1H3,(H,32,36). The number of aliphatic hydroxyl groups is 1. The van der Waals surface area contributed by atoms with Crippen LogP contribution in [0.5, 0.6) is 0 Å². The molecule has 1 atom stereocenters. The fourth-order valence-corrected chi connectivity index (χ4v) is 5.77. The van der Waals surface area contributed by atoms with Crippen molar-refractivity contribution in [3.8, 4) is 0 Å². The molecule has 0 aliphatic carbocycles. The molecule has 0 spiro atoms. The van der Waals surface area contributed by atoms with E-state index in [1.54, 1.807) is 49.4 Å². The molecule has 0 radical (unpaired) electrons. The summed E-state index contributed by atoms with van der Waals surface area (Å²) in [6.07, 6.45) is -5.42. The average Bonchev–Trinajstić information content (AvgIpc) is 3.24. The van der Waals surface area contributed by atoms with Gasteiger partial charge in [-0.15, -0.1) is 0 Å². The summed E-state index contributed by atoms with van der Waals surface area (Å²) in [4.78, 5) is 26.0. The zero-order valence-corrected chi connectivity index (χ0v) is 22.7. The number of alkyl halides is 3. The molecule has 13 heteroatoms. The SMILES string of the molecule is Cc1c(Cl)cccc1NC(=O)CN(Cc1ccc(N2CC(O)CC2=O)cc1)S(=O)(=O)c1ccc(C(F)(F)F)cc1. The Kier molecular flexibility index (Phi) is 8.55. The van der Waals surface area contributed by atoms with Gasteiger partial charge in [-0.3, -0.25) is 9.59 Å². The maximum atomic E-state index is 13.5. The van der Waals surface area contributed by atoms with Crippen molar-refractivity contribution in [3.05, 3.63) is 88.4 Å². The van der Waals surface area contributed by atoms with Crippen LogP contribution < -0.4 is 10.2 Å². The van der Waals surface area contributed by atoms with Crippen LogP contribution in [0.1, 0.15) is 23.1 Å². The molecule has 0 aromatic heterocycles. The topological polar surface area (TPSA) is 107 Å². The molecule has 0 saturated carbocycles. The number of rotatable bonds is 8. The first-order valence-corrected chi connectivity index (χ1v) is 13.9. The number of carbonyl (C=O) groups excluding carboxylic acids is 2. The van der Waals surface area contributed by atoms with Gasteiger partial charge in [0.2, 0.25) is 21.8 Å². The van der Waals surface area contributed by atoms with Gasteiger partial charge in [0, 0.05) is 22.9 Å². The predicted octanol–water partition coefficient (Wildman–Crippen LogP) is 4.59. The van der Waals surface area contributed by atoms with Crippen LogP contribution in [-0.4, -0.2) is 48.8 Å². The highest BCUT2D eigenvalue weighted by Crippen LogP contribution is 2.31. The maximum Gasteiger partial charge on any atom is 0.416 e. The van der Waals surface area contributed by atoms with E-state index in [2.05, 4.69) is 5.32 Å². The summed E-state index contributed by atoms with van der Waals surface area (Å²) in [5.41, 5.74) is 0.914. The minimum Gasteiger partial charge on any atom is -0.391 e. The Balaban J connectivity index is 1.61. The molecule has 1 unspecified atom stereocenters. The van der Waals surface area contributed by atoms with Gasteiger partial charge in [-0.05, 0) is 66.6 Å². The third kappa shape index (κ3) is 6.64. The number of β-amino-alcohol motifs (C(OH)–C–C–N with tert-alkyl or cyclic N) is 1. The van der Waals surface area contributed by atoms with E-state index in [-0.39, 0.29) is 25.4 Å². The molecule has 3 aromatic rings. The summed E-state index contributed by atoms with van der Waals surface area (Å²) in [6.45, 7) is 0.881. The van der Waals surface area contributed by atoms with E-state index in [9.17, 15) is 36.3 Å².